The van der Waals surface area contributed by atoms with Gasteiger partial charge < -0.3 is 14.8 Å². The van der Waals surface area contributed by atoms with Gasteiger partial charge in [0.25, 0.3) is 0 Å². The molecule has 7 heteroatoms. The lowest BCUT2D eigenvalue weighted by Gasteiger charge is -2.22. The molecule has 0 fully saturated rings. The number of hydrogen-bond acceptors (Lipinski definition) is 3. The molecule has 0 saturated heterocycles. The SMILES string of the molecule is C=CCCCN(C)C(=NCc1nnc(C)n1C)NCCCC.I. The van der Waals surface area contributed by atoms with E-state index in [1.54, 1.807) is 0 Å². The highest BCUT2D eigenvalue weighted by Crippen LogP contribution is 2.01. The summed E-state index contributed by atoms with van der Waals surface area (Å²) in [5.74, 6) is 2.72. The van der Waals surface area contributed by atoms with Crippen molar-refractivity contribution in [2.45, 2.75) is 46.1 Å². The fraction of sp³-hybridized carbons (Fsp3) is 0.688. The minimum Gasteiger partial charge on any atom is -0.356 e. The van der Waals surface area contributed by atoms with E-state index in [0.29, 0.717) is 6.54 Å². The molecular formula is C16H31IN6. The van der Waals surface area contributed by atoms with Crippen LogP contribution in [0.1, 0.15) is 44.3 Å². The summed E-state index contributed by atoms with van der Waals surface area (Å²) < 4.78 is 1.98. The van der Waals surface area contributed by atoms with E-state index >= 15 is 0 Å². The van der Waals surface area contributed by atoms with Gasteiger partial charge in [-0.1, -0.05) is 19.4 Å². The molecule has 0 aliphatic rings. The van der Waals surface area contributed by atoms with Gasteiger partial charge in [0.15, 0.2) is 11.8 Å². The van der Waals surface area contributed by atoms with Crippen molar-refractivity contribution < 1.29 is 0 Å². The smallest absolute Gasteiger partial charge is 0.194 e. The molecule has 1 N–H and O–H groups in total. The largest absolute Gasteiger partial charge is 0.356 e. The number of aliphatic imine (C=N–C) groups is 1. The molecule has 0 aromatic carbocycles. The Morgan fingerprint density at radius 1 is 1.39 bits per heavy atom. The summed E-state index contributed by atoms with van der Waals surface area (Å²) in [5.41, 5.74) is 0. The van der Waals surface area contributed by atoms with Crippen molar-refractivity contribution in [2.75, 3.05) is 20.1 Å². The van der Waals surface area contributed by atoms with Crippen LogP contribution in [0, 0.1) is 6.92 Å². The lowest BCUT2D eigenvalue weighted by atomic mass is 10.3. The van der Waals surface area contributed by atoms with Crippen molar-refractivity contribution >= 4 is 29.9 Å². The Kier molecular flexibility index (Phi) is 11.7. The molecule has 0 radical (unpaired) electrons. The highest BCUT2D eigenvalue weighted by atomic mass is 127. The third kappa shape index (κ3) is 7.81. The molecule has 23 heavy (non-hydrogen) atoms. The van der Waals surface area contributed by atoms with Crippen LogP contribution in [0.5, 0.6) is 0 Å². The van der Waals surface area contributed by atoms with Gasteiger partial charge in [-0.15, -0.1) is 40.8 Å². The maximum Gasteiger partial charge on any atom is 0.194 e. The molecule has 0 aliphatic heterocycles. The maximum atomic E-state index is 4.70. The Balaban J connectivity index is 0.00000484. The van der Waals surface area contributed by atoms with E-state index in [9.17, 15) is 0 Å². The van der Waals surface area contributed by atoms with Crippen molar-refractivity contribution in [1.29, 1.82) is 0 Å². The first-order valence-electron chi connectivity index (χ1n) is 8.05. The van der Waals surface area contributed by atoms with Gasteiger partial charge in [0.05, 0.1) is 0 Å². The molecule has 1 aromatic rings. The first kappa shape index (κ1) is 21.9. The molecule has 0 spiro atoms. The Morgan fingerprint density at radius 2 is 2.13 bits per heavy atom. The molecule has 0 amide bonds. The topological polar surface area (TPSA) is 58.3 Å². The summed E-state index contributed by atoms with van der Waals surface area (Å²) in [7, 11) is 4.04. The van der Waals surface area contributed by atoms with E-state index in [2.05, 4.69) is 41.0 Å². The van der Waals surface area contributed by atoms with Gasteiger partial charge in [0.2, 0.25) is 0 Å². The standard InChI is InChI=1S/C16H30N6.HI/c1-6-8-10-12-21(4)16(17-11-9-7-2)18-13-15-20-19-14(3)22(15)5;/h6H,1,7-13H2,2-5H3,(H,17,18);1H. The number of nitrogens with one attached hydrogen (secondary N) is 1. The zero-order valence-corrected chi connectivity index (χ0v) is 17.2. The number of allylic oxidation sites excluding steroid dienone is 1. The predicted octanol–water partition coefficient (Wildman–Crippen LogP) is 2.89. The molecule has 6 nitrogen and oxygen atoms in total. The van der Waals surface area contributed by atoms with Crippen LogP contribution in [0.3, 0.4) is 0 Å². The predicted molar refractivity (Wildman–Crippen MR) is 107 cm³/mol. The summed E-state index contributed by atoms with van der Waals surface area (Å²) >= 11 is 0. The third-order valence-electron chi connectivity index (χ3n) is 3.63. The Bertz CT molecular complexity index is 483. The lowest BCUT2D eigenvalue weighted by molar-refractivity contribution is 0.466. The number of guanidine groups is 1. The molecule has 0 saturated carbocycles. The molecule has 1 rings (SSSR count). The summed E-state index contributed by atoms with van der Waals surface area (Å²) in [5, 5.41) is 11.7. The number of hydrogen-bond donors (Lipinski definition) is 1. The first-order chi connectivity index (χ1) is 10.6. The minimum absolute atomic E-state index is 0. The van der Waals surface area contributed by atoms with Crippen LogP contribution in [-0.2, 0) is 13.6 Å². The zero-order chi connectivity index (χ0) is 16.4. The molecule has 0 aliphatic carbocycles. The minimum atomic E-state index is 0. The van der Waals surface area contributed by atoms with E-state index in [1.807, 2.05) is 24.6 Å². The quantitative estimate of drug-likeness (QED) is 0.214. The number of halogens is 1. The van der Waals surface area contributed by atoms with Crippen LogP contribution in [0.15, 0.2) is 17.6 Å². The molecule has 1 heterocycles. The van der Waals surface area contributed by atoms with Gasteiger partial charge in [-0.2, -0.15) is 0 Å². The van der Waals surface area contributed by atoms with E-state index in [1.165, 1.54) is 6.42 Å². The van der Waals surface area contributed by atoms with Crippen LogP contribution in [0.2, 0.25) is 0 Å². The molecular weight excluding hydrogens is 403 g/mol. The number of nitrogens with zero attached hydrogens (tertiary/aromatic N) is 5. The van der Waals surface area contributed by atoms with E-state index in [-0.39, 0.29) is 24.0 Å². The second-order valence-corrected chi connectivity index (χ2v) is 5.50. The maximum absolute atomic E-state index is 4.70. The Labute approximate surface area is 157 Å². The van der Waals surface area contributed by atoms with Crippen molar-refractivity contribution in [3.8, 4) is 0 Å². The van der Waals surface area contributed by atoms with Gasteiger partial charge in [-0.05, 0) is 26.2 Å². The van der Waals surface area contributed by atoms with Crippen molar-refractivity contribution in [3.05, 3.63) is 24.3 Å². The van der Waals surface area contributed by atoms with E-state index < -0.39 is 0 Å². The average Bonchev–Trinajstić information content (AvgIpc) is 2.82. The highest BCUT2D eigenvalue weighted by molar-refractivity contribution is 14.0. The summed E-state index contributed by atoms with van der Waals surface area (Å²) in [6.45, 7) is 10.3. The summed E-state index contributed by atoms with van der Waals surface area (Å²) in [6, 6.07) is 0. The lowest BCUT2D eigenvalue weighted by Crippen LogP contribution is -2.40. The van der Waals surface area contributed by atoms with Gasteiger partial charge in [0, 0.05) is 27.2 Å². The molecule has 0 bridgehead atoms. The normalized spacial score (nSPS) is 11.0. The van der Waals surface area contributed by atoms with Crippen LogP contribution < -0.4 is 5.32 Å². The van der Waals surface area contributed by atoms with Crippen molar-refractivity contribution in [2.24, 2.45) is 12.0 Å². The third-order valence-corrected chi connectivity index (χ3v) is 3.63. The number of aromatic nitrogens is 3. The van der Waals surface area contributed by atoms with Gasteiger partial charge in [-0.3, -0.25) is 0 Å². The van der Waals surface area contributed by atoms with Crippen molar-refractivity contribution in [1.82, 2.24) is 25.0 Å². The van der Waals surface area contributed by atoms with Gasteiger partial charge in [0.1, 0.15) is 12.4 Å². The van der Waals surface area contributed by atoms with Gasteiger partial charge in [-0.25, -0.2) is 4.99 Å². The van der Waals surface area contributed by atoms with Crippen LogP contribution in [-0.4, -0.2) is 45.8 Å². The van der Waals surface area contributed by atoms with Crippen molar-refractivity contribution in [3.63, 3.8) is 0 Å². The fourth-order valence-electron chi connectivity index (χ4n) is 2.00. The number of rotatable bonds is 9. The van der Waals surface area contributed by atoms with E-state index in [0.717, 1.165) is 50.0 Å². The fourth-order valence-corrected chi connectivity index (χ4v) is 2.00. The first-order valence-corrected chi connectivity index (χ1v) is 8.05. The summed E-state index contributed by atoms with van der Waals surface area (Å²) in [4.78, 5) is 6.87. The van der Waals surface area contributed by atoms with E-state index in [4.69, 9.17) is 4.99 Å². The monoisotopic (exact) mass is 434 g/mol. The second kappa shape index (κ2) is 12.3. The van der Waals surface area contributed by atoms with Crippen LogP contribution >= 0.6 is 24.0 Å². The second-order valence-electron chi connectivity index (χ2n) is 5.50. The molecule has 132 valence electrons. The Hall–Kier alpha value is -1.12. The highest BCUT2D eigenvalue weighted by Gasteiger charge is 2.08. The summed E-state index contributed by atoms with van der Waals surface area (Å²) in [6.07, 6.45) is 6.37. The van der Waals surface area contributed by atoms with Crippen LogP contribution in [0.25, 0.3) is 0 Å². The molecule has 0 unspecified atom stereocenters. The average molecular weight is 434 g/mol. The van der Waals surface area contributed by atoms with Crippen LogP contribution in [0.4, 0.5) is 0 Å². The number of aryl methyl sites for hydroxylation is 1. The number of unbranched alkanes of at least 4 members (excludes halogenated alkanes) is 2. The Morgan fingerprint density at radius 3 is 2.70 bits per heavy atom. The molecule has 1 aromatic heterocycles. The zero-order valence-electron chi connectivity index (χ0n) is 14.9. The molecule has 0 atom stereocenters. The van der Waals surface area contributed by atoms with Gasteiger partial charge >= 0.3 is 0 Å².